The third-order valence-corrected chi connectivity index (χ3v) is 5.34. The van der Waals surface area contributed by atoms with Crippen molar-refractivity contribution in [2.75, 3.05) is 52.9 Å². The number of aliphatic hydroxyl groups is 1. The zero-order valence-corrected chi connectivity index (χ0v) is 17.1. The minimum Gasteiger partial charge on any atom is -0.379 e. The molecule has 0 spiro atoms. The number of hydrogen-bond donors (Lipinski definition) is 2. The molecule has 2 N–H and O–H groups in total. The van der Waals surface area contributed by atoms with Gasteiger partial charge in [-0.05, 0) is 34.1 Å². The average molecular weight is 362 g/mol. The van der Waals surface area contributed by atoms with E-state index in [0.717, 1.165) is 24.2 Å². The van der Waals surface area contributed by atoms with Gasteiger partial charge in [0.2, 0.25) is 0 Å². The van der Waals surface area contributed by atoms with Crippen LogP contribution in [0, 0.1) is 0 Å². The van der Waals surface area contributed by atoms with Gasteiger partial charge in [0.05, 0.1) is 51.2 Å². The maximum atomic E-state index is 10.2. The van der Waals surface area contributed by atoms with Crippen LogP contribution in [0.5, 0.6) is 0 Å². The molecule has 1 aliphatic heterocycles. The van der Waals surface area contributed by atoms with E-state index < -0.39 is 6.23 Å². The van der Waals surface area contributed by atoms with E-state index in [1.54, 1.807) is 0 Å². The lowest BCUT2D eigenvalue weighted by Gasteiger charge is -2.49. The third-order valence-electron chi connectivity index (χ3n) is 5.34. The Bertz CT molecular complexity index is 349. The van der Waals surface area contributed by atoms with Crippen LogP contribution in [-0.2, 0) is 14.2 Å². The lowest BCUT2D eigenvalue weighted by molar-refractivity contribution is -0.982. The van der Waals surface area contributed by atoms with E-state index in [-0.39, 0.29) is 12.1 Å². The van der Waals surface area contributed by atoms with Crippen LogP contribution in [0.25, 0.3) is 0 Å². The molecule has 0 aromatic heterocycles. The highest BCUT2D eigenvalue weighted by Crippen LogP contribution is 2.35. The SMILES string of the molecule is CCCOCCOCCOCC(O)NC[N+]1(C(C)(C)C)CCCC1C. The van der Waals surface area contributed by atoms with Gasteiger partial charge < -0.3 is 23.8 Å². The number of aliphatic hydroxyl groups excluding tert-OH is 1. The Morgan fingerprint density at radius 3 is 2.20 bits per heavy atom. The summed E-state index contributed by atoms with van der Waals surface area (Å²) in [5.41, 5.74) is 0.164. The van der Waals surface area contributed by atoms with E-state index in [2.05, 4.69) is 39.9 Å². The first-order valence-corrected chi connectivity index (χ1v) is 9.85. The number of nitrogens with one attached hydrogen (secondary N) is 1. The molecule has 0 bridgehead atoms. The standard InChI is InChI=1S/C19H41N2O4/c1-6-10-23-11-12-24-13-14-25-15-18(22)20-16-21(19(3,4)5)9-7-8-17(21)2/h17-18,20,22H,6-16H2,1-5H3/q+1. The Kier molecular flexibility index (Phi) is 10.5. The lowest BCUT2D eigenvalue weighted by atomic mass is 10.0. The second kappa shape index (κ2) is 11.5. The van der Waals surface area contributed by atoms with Crippen LogP contribution < -0.4 is 5.32 Å². The van der Waals surface area contributed by atoms with Gasteiger partial charge in [0.25, 0.3) is 0 Å². The van der Waals surface area contributed by atoms with Crippen molar-refractivity contribution in [1.29, 1.82) is 0 Å². The average Bonchev–Trinajstić information content (AvgIpc) is 2.93. The Morgan fingerprint density at radius 2 is 1.68 bits per heavy atom. The molecule has 1 rings (SSSR count). The largest absolute Gasteiger partial charge is 0.379 e. The smallest absolute Gasteiger partial charge is 0.135 e. The zero-order chi connectivity index (χ0) is 18.8. The van der Waals surface area contributed by atoms with Crippen molar-refractivity contribution in [2.45, 2.75) is 71.7 Å². The Labute approximate surface area is 154 Å². The third kappa shape index (κ3) is 7.49. The molecule has 1 fully saturated rings. The summed E-state index contributed by atoms with van der Waals surface area (Å²) in [6.45, 7) is 16.5. The summed E-state index contributed by atoms with van der Waals surface area (Å²) in [7, 11) is 0. The second-order valence-corrected chi connectivity index (χ2v) is 8.10. The molecule has 25 heavy (non-hydrogen) atoms. The fraction of sp³-hybridized carbons (Fsp3) is 1.00. The van der Waals surface area contributed by atoms with Gasteiger partial charge >= 0.3 is 0 Å². The number of nitrogens with zero attached hydrogens (tertiary/aromatic N) is 1. The molecule has 0 amide bonds. The molecule has 0 aromatic carbocycles. The summed E-state index contributed by atoms with van der Waals surface area (Å²) in [5.74, 6) is 0. The van der Waals surface area contributed by atoms with Crippen molar-refractivity contribution >= 4 is 0 Å². The highest BCUT2D eigenvalue weighted by Gasteiger charge is 2.47. The summed E-state index contributed by atoms with van der Waals surface area (Å²) < 4.78 is 17.3. The van der Waals surface area contributed by atoms with Crippen molar-refractivity contribution in [3.05, 3.63) is 0 Å². The number of likely N-dealkylation sites (tertiary alicyclic amines) is 1. The van der Waals surface area contributed by atoms with Gasteiger partial charge in [0.1, 0.15) is 12.9 Å². The molecule has 1 saturated heterocycles. The molecule has 6 nitrogen and oxygen atoms in total. The first kappa shape index (κ1) is 22.8. The van der Waals surface area contributed by atoms with Crippen molar-refractivity contribution in [3.63, 3.8) is 0 Å². The Hall–Kier alpha value is -0.240. The minimum absolute atomic E-state index is 0.164. The molecule has 0 saturated carbocycles. The van der Waals surface area contributed by atoms with Crippen LogP contribution in [0.15, 0.2) is 0 Å². The van der Waals surface area contributed by atoms with Crippen molar-refractivity contribution in [2.24, 2.45) is 0 Å². The van der Waals surface area contributed by atoms with Gasteiger partial charge in [0, 0.05) is 19.4 Å². The van der Waals surface area contributed by atoms with Gasteiger partial charge in [-0.2, -0.15) is 0 Å². The predicted octanol–water partition coefficient (Wildman–Crippen LogP) is 2.11. The monoisotopic (exact) mass is 361 g/mol. The molecule has 0 aliphatic carbocycles. The van der Waals surface area contributed by atoms with E-state index >= 15 is 0 Å². The van der Waals surface area contributed by atoms with Gasteiger partial charge in [-0.3, -0.25) is 0 Å². The maximum Gasteiger partial charge on any atom is 0.135 e. The topological polar surface area (TPSA) is 60.0 Å². The number of rotatable bonds is 13. The first-order valence-electron chi connectivity index (χ1n) is 9.85. The van der Waals surface area contributed by atoms with Crippen LogP contribution in [0.3, 0.4) is 0 Å². The van der Waals surface area contributed by atoms with Crippen LogP contribution in [0.2, 0.25) is 0 Å². The molecular formula is C19H41N2O4+. The minimum atomic E-state index is -0.641. The number of quaternary nitrogens is 1. The van der Waals surface area contributed by atoms with Crippen molar-refractivity contribution < 1.29 is 23.8 Å². The zero-order valence-electron chi connectivity index (χ0n) is 17.1. The van der Waals surface area contributed by atoms with Crippen LogP contribution in [0.4, 0.5) is 0 Å². The van der Waals surface area contributed by atoms with E-state index in [1.807, 2.05) is 0 Å². The van der Waals surface area contributed by atoms with Crippen LogP contribution >= 0.6 is 0 Å². The summed E-state index contributed by atoms with van der Waals surface area (Å²) >= 11 is 0. The van der Waals surface area contributed by atoms with E-state index in [0.29, 0.717) is 32.5 Å². The highest BCUT2D eigenvalue weighted by molar-refractivity contribution is 4.74. The summed E-state index contributed by atoms with van der Waals surface area (Å²) in [6.07, 6.45) is 2.90. The van der Waals surface area contributed by atoms with Crippen molar-refractivity contribution in [1.82, 2.24) is 5.32 Å². The molecular weight excluding hydrogens is 320 g/mol. The highest BCUT2D eigenvalue weighted by atomic mass is 16.5. The van der Waals surface area contributed by atoms with Gasteiger partial charge in [-0.15, -0.1) is 0 Å². The molecule has 6 heteroatoms. The lowest BCUT2D eigenvalue weighted by Crippen LogP contribution is -2.66. The van der Waals surface area contributed by atoms with Gasteiger partial charge in [-0.1, -0.05) is 6.92 Å². The maximum absolute atomic E-state index is 10.2. The van der Waals surface area contributed by atoms with E-state index in [4.69, 9.17) is 14.2 Å². The summed E-state index contributed by atoms with van der Waals surface area (Å²) in [5, 5.41) is 13.4. The first-order chi connectivity index (χ1) is 11.8. The number of ether oxygens (including phenoxy) is 3. The molecule has 3 unspecified atom stereocenters. The molecule has 150 valence electrons. The summed E-state index contributed by atoms with van der Waals surface area (Å²) in [6, 6.07) is 0.615. The molecule has 0 aromatic rings. The van der Waals surface area contributed by atoms with E-state index in [9.17, 15) is 5.11 Å². The van der Waals surface area contributed by atoms with Crippen LogP contribution in [0.1, 0.15) is 53.9 Å². The quantitative estimate of drug-likeness (QED) is 0.299. The predicted molar refractivity (Wildman–Crippen MR) is 100 cm³/mol. The number of hydrogen-bond acceptors (Lipinski definition) is 5. The normalized spacial score (nSPS) is 25.4. The Morgan fingerprint density at radius 1 is 1.08 bits per heavy atom. The second-order valence-electron chi connectivity index (χ2n) is 8.10. The molecule has 1 aliphatic rings. The van der Waals surface area contributed by atoms with Gasteiger partial charge in [-0.25, -0.2) is 5.32 Å². The van der Waals surface area contributed by atoms with E-state index in [1.165, 1.54) is 19.4 Å². The van der Waals surface area contributed by atoms with Crippen LogP contribution in [-0.4, -0.2) is 80.3 Å². The van der Waals surface area contributed by atoms with Crippen molar-refractivity contribution in [3.8, 4) is 0 Å². The van der Waals surface area contributed by atoms with Gasteiger partial charge in [0.15, 0.2) is 0 Å². The summed E-state index contributed by atoms with van der Waals surface area (Å²) in [4.78, 5) is 0. The molecule has 1 heterocycles. The fourth-order valence-electron chi connectivity index (χ4n) is 3.71. The Balaban J connectivity index is 2.15. The molecule has 0 radical (unpaired) electrons. The molecule has 3 atom stereocenters. The fourth-order valence-corrected chi connectivity index (χ4v) is 3.71.